The number of amides is 1. The number of aliphatic imine (C=N–C) groups is 1. The van der Waals surface area contributed by atoms with E-state index in [2.05, 4.69) is 15.6 Å². The standard InChI is InChI=1S/C20H30ClFN4O/c1-4-23-20(24-11-8-16-17(21)6-5-7-18(16)22)25-15-9-12-26(13-10-15)19(27)14(2)3/h5-7,14-15H,4,8-13H2,1-3H3,(H2,23,24,25). The fourth-order valence-corrected chi connectivity index (χ4v) is 3.43. The minimum atomic E-state index is -0.294. The van der Waals surface area contributed by atoms with Gasteiger partial charge < -0.3 is 15.5 Å². The van der Waals surface area contributed by atoms with E-state index in [0.717, 1.165) is 38.4 Å². The van der Waals surface area contributed by atoms with Gasteiger partial charge in [0.15, 0.2) is 5.96 Å². The van der Waals surface area contributed by atoms with Crippen molar-refractivity contribution >= 4 is 23.5 Å². The predicted octanol–water partition coefficient (Wildman–Crippen LogP) is 3.22. The average Bonchev–Trinajstić information content (AvgIpc) is 2.64. The number of nitrogens with one attached hydrogen (secondary N) is 2. The van der Waals surface area contributed by atoms with Crippen molar-refractivity contribution in [3.8, 4) is 0 Å². The van der Waals surface area contributed by atoms with Crippen molar-refractivity contribution < 1.29 is 9.18 Å². The van der Waals surface area contributed by atoms with E-state index in [9.17, 15) is 9.18 Å². The van der Waals surface area contributed by atoms with Crippen molar-refractivity contribution in [1.29, 1.82) is 0 Å². The van der Waals surface area contributed by atoms with Crippen LogP contribution in [0.1, 0.15) is 39.2 Å². The molecule has 150 valence electrons. The van der Waals surface area contributed by atoms with E-state index in [1.54, 1.807) is 12.1 Å². The van der Waals surface area contributed by atoms with Crippen LogP contribution in [0, 0.1) is 11.7 Å². The number of piperidine rings is 1. The van der Waals surface area contributed by atoms with Crippen LogP contribution in [-0.2, 0) is 11.2 Å². The molecule has 1 amide bonds. The minimum Gasteiger partial charge on any atom is -0.357 e. The molecular formula is C20H30ClFN4O. The van der Waals surface area contributed by atoms with Gasteiger partial charge in [0.05, 0.1) is 0 Å². The SMILES string of the molecule is CCNC(=NCCc1c(F)cccc1Cl)NC1CCN(C(=O)C(C)C)CC1. The molecule has 0 unspecified atom stereocenters. The van der Waals surface area contributed by atoms with Crippen LogP contribution in [0.4, 0.5) is 4.39 Å². The van der Waals surface area contributed by atoms with Crippen LogP contribution >= 0.6 is 11.6 Å². The lowest BCUT2D eigenvalue weighted by Gasteiger charge is -2.34. The highest BCUT2D eigenvalue weighted by molar-refractivity contribution is 6.31. The van der Waals surface area contributed by atoms with Crippen LogP contribution in [-0.4, -0.2) is 49.0 Å². The Kier molecular flexibility index (Phi) is 8.35. The predicted molar refractivity (Wildman–Crippen MR) is 109 cm³/mol. The van der Waals surface area contributed by atoms with Crippen molar-refractivity contribution in [2.24, 2.45) is 10.9 Å². The first-order valence-electron chi connectivity index (χ1n) is 9.68. The molecule has 1 fully saturated rings. The summed E-state index contributed by atoms with van der Waals surface area (Å²) in [6, 6.07) is 4.99. The Morgan fingerprint density at radius 2 is 2.07 bits per heavy atom. The summed E-state index contributed by atoms with van der Waals surface area (Å²) in [6.07, 6.45) is 2.23. The Morgan fingerprint density at radius 3 is 2.67 bits per heavy atom. The van der Waals surface area contributed by atoms with Crippen LogP contribution in [0.15, 0.2) is 23.2 Å². The van der Waals surface area contributed by atoms with Crippen LogP contribution in [0.5, 0.6) is 0 Å². The summed E-state index contributed by atoms with van der Waals surface area (Å²) in [5.74, 6) is 0.686. The zero-order chi connectivity index (χ0) is 19.8. The highest BCUT2D eigenvalue weighted by Crippen LogP contribution is 2.19. The third-order valence-corrected chi connectivity index (χ3v) is 5.03. The maximum absolute atomic E-state index is 13.9. The molecule has 0 aromatic heterocycles. The van der Waals surface area contributed by atoms with E-state index in [0.29, 0.717) is 23.6 Å². The quantitative estimate of drug-likeness (QED) is 0.573. The molecule has 0 radical (unpaired) electrons. The zero-order valence-electron chi connectivity index (χ0n) is 16.4. The number of carbonyl (C=O) groups excluding carboxylic acids is 1. The molecule has 1 aromatic carbocycles. The Balaban J connectivity index is 1.88. The summed E-state index contributed by atoms with van der Waals surface area (Å²) >= 11 is 6.07. The molecule has 0 aliphatic carbocycles. The molecule has 0 bridgehead atoms. The second-order valence-corrected chi connectivity index (χ2v) is 7.52. The number of carbonyl (C=O) groups is 1. The second kappa shape index (κ2) is 10.5. The van der Waals surface area contributed by atoms with E-state index >= 15 is 0 Å². The summed E-state index contributed by atoms with van der Waals surface area (Å²) in [4.78, 5) is 18.6. The van der Waals surface area contributed by atoms with Gasteiger partial charge in [-0.15, -0.1) is 0 Å². The number of hydrogen-bond donors (Lipinski definition) is 2. The summed E-state index contributed by atoms with van der Waals surface area (Å²) in [5, 5.41) is 7.10. The van der Waals surface area contributed by atoms with E-state index in [4.69, 9.17) is 11.6 Å². The van der Waals surface area contributed by atoms with Gasteiger partial charge in [-0.1, -0.05) is 31.5 Å². The second-order valence-electron chi connectivity index (χ2n) is 7.11. The Hall–Kier alpha value is -1.82. The summed E-state index contributed by atoms with van der Waals surface area (Å²) < 4.78 is 13.9. The molecule has 5 nitrogen and oxygen atoms in total. The summed E-state index contributed by atoms with van der Waals surface area (Å²) in [7, 11) is 0. The Labute approximate surface area is 166 Å². The Bertz CT molecular complexity index is 637. The first-order valence-corrected chi connectivity index (χ1v) is 10.1. The van der Waals surface area contributed by atoms with Gasteiger partial charge in [0, 0.05) is 48.7 Å². The first-order chi connectivity index (χ1) is 12.9. The summed E-state index contributed by atoms with van der Waals surface area (Å²) in [6.45, 7) is 8.60. The normalized spacial score (nSPS) is 15.9. The molecule has 0 saturated carbocycles. The van der Waals surface area contributed by atoms with Gasteiger partial charge >= 0.3 is 0 Å². The molecule has 1 saturated heterocycles. The molecule has 7 heteroatoms. The fraction of sp³-hybridized carbons (Fsp3) is 0.600. The van der Waals surface area contributed by atoms with Gasteiger partial charge in [0.2, 0.25) is 5.91 Å². The van der Waals surface area contributed by atoms with Crippen molar-refractivity contribution in [1.82, 2.24) is 15.5 Å². The number of guanidine groups is 1. The molecule has 0 atom stereocenters. The molecule has 1 aliphatic heterocycles. The van der Waals surface area contributed by atoms with Crippen molar-refractivity contribution in [3.05, 3.63) is 34.6 Å². The number of nitrogens with zero attached hydrogens (tertiary/aromatic N) is 2. The van der Waals surface area contributed by atoms with Crippen LogP contribution < -0.4 is 10.6 Å². The van der Waals surface area contributed by atoms with Crippen LogP contribution in [0.3, 0.4) is 0 Å². The highest BCUT2D eigenvalue weighted by atomic mass is 35.5. The lowest BCUT2D eigenvalue weighted by Crippen LogP contribution is -2.50. The molecule has 1 aromatic rings. The fourth-order valence-electron chi connectivity index (χ4n) is 3.17. The molecule has 27 heavy (non-hydrogen) atoms. The van der Waals surface area contributed by atoms with Crippen LogP contribution in [0.25, 0.3) is 0 Å². The molecule has 2 rings (SSSR count). The Morgan fingerprint density at radius 1 is 1.37 bits per heavy atom. The lowest BCUT2D eigenvalue weighted by atomic mass is 10.0. The maximum Gasteiger partial charge on any atom is 0.225 e. The maximum atomic E-state index is 13.9. The number of rotatable bonds is 6. The molecular weight excluding hydrogens is 367 g/mol. The van der Waals surface area contributed by atoms with Gasteiger partial charge in [-0.3, -0.25) is 9.79 Å². The van der Waals surface area contributed by atoms with Gasteiger partial charge in [-0.05, 0) is 38.3 Å². The highest BCUT2D eigenvalue weighted by Gasteiger charge is 2.24. The van der Waals surface area contributed by atoms with E-state index < -0.39 is 0 Å². The third kappa shape index (κ3) is 6.38. The largest absolute Gasteiger partial charge is 0.357 e. The zero-order valence-corrected chi connectivity index (χ0v) is 17.2. The third-order valence-electron chi connectivity index (χ3n) is 4.68. The minimum absolute atomic E-state index is 0.0404. The lowest BCUT2D eigenvalue weighted by molar-refractivity contribution is -0.135. The van der Waals surface area contributed by atoms with Gasteiger partial charge in [-0.25, -0.2) is 4.39 Å². The first kappa shape index (κ1) is 21.5. The molecule has 0 spiro atoms. The van der Waals surface area contributed by atoms with Crippen molar-refractivity contribution in [3.63, 3.8) is 0 Å². The molecule has 1 aliphatic rings. The smallest absolute Gasteiger partial charge is 0.225 e. The topological polar surface area (TPSA) is 56.7 Å². The number of hydrogen-bond acceptors (Lipinski definition) is 2. The van der Waals surface area contributed by atoms with Crippen molar-refractivity contribution in [2.45, 2.75) is 46.1 Å². The van der Waals surface area contributed by atoms with E-state index in [1.807, 2.05) is 25.7 Å². The number of likely N-dealkylation sites (tertiary alicyclic amines) is 1. The van der Waals surface area contributed by atoms with E-state index in [-0.39, 0.29) is 23.7 Å². The van der Waals surface area contributed by atoms with Crippen molar-refractivity contribution in [2.75, 3.05) is 26.2 Å². The number of benzene rings is 1. The molecule has 1 heterocycles. The summed E-state index contributed by atoms with van der Waals surface area (Å²) in [5.41, 5.74) is 0.499. The number of halogens is 2. The van der Waals surface area contributed by atoms with Crippen LogP contribution in [0.2, 0.25) is 5.02 Å². The molecule has 2 N–H and O–H groups in total. The van der Waals surface area contributed by atoms with Gasteiger partial charge in [-0.2, -0.15) is 0 Å². The van der Waals surface area contributed by atoms with Gasteiger partial charge in [0.1, 0.15) is 5.82 Å². The average molecular weight is 397 g/mol. The van der Waals surface area contributed by atoms with Gasteiger partial charge in [0.25, 0.3) is 0 Å². The monoisotopic (exact) mass is 396 g/mol. The van der Waals surface area contributed by atoms with E-state index in [1.165, 1.54) is 6.07 Å².